The van der Waals surface area contributed by atoms with Crippen molar-refractivity contribution in [3.8, 4) is 17.0 Å². The second-order valence-corrected chi connectivity index (χ2v) is 8.66. The Morgan fingerprint density at radius 2 is 2.09 bits per heavy atom. The van der Waals surface area contributed by atoms with Crippen LogP contribution in [0.3, 0.4) is 0 Å². The Labute approximate surface area is 198 Å². The normalized spacial score (nSPS) is 16.8. The zero-order valence-corrected chi connectivity index (χ0v) is 19.9. The number of pyridine rings is 1. The lowest BCUT2D eigenvalue weighted by Gasteiger charge is -2.24. The number of hydrogen-bond donors (Lipinski definition) is 0. The van der Waals surface area contributed by atoms with Crippen LogP contribution in [0.2, 0.25) is 0 Å². The molecule has 0 amide bonds. The minimum absolute atomic E-state index is 0.124. The van der Waals surface area contributed by atoms with Gasteiger partial charge in [-0.05, 0) is 55.5 Å². The van der Waals surface area contributed by atoms with Gasteiger partial charge in [-0.15, -0.1) is 0 Å². The summed E-state index contributed by atoms with van der Waals surface area (Å²) in [6.07, 6.45) is 9.90. The molecule has 4 heterocycles. The van der Waals surface area contributed by atoms with Gasteiger partial charge in [0, 0.05) is 31.5 Å². The number of aromatic nitrogens is 5. The van der Waals surface area contributed by atoms with Crippen LogP contribution in [-0.4, -0.2) is 44.1 Å². The van der Waals surface area contributed by atoms with Crippen LogP contribution in [0.15, 0.2) is 53.9 Å². The molecule has 1 atom stereocenters. The molecule has 5 rings (SSSR count). The number of rotatable bonds is 6. The maximum Gasteiger partial charge on any atom is 0.160 e. The summed E-state index contributed by atoms with van der Waals surface area (Å²) in [7, 11) is 3.58. The van der Waals surface area contributed by atoms with E-state index in [2.05, 4.69) is 28.7 Å². The van der Waals surface area contributed by atoms with Crippen LogP contribution in [0.1, 0.15) is 31.7 Å². The Hall–Kier alpha value is -3.52. The molecule has 0 N–H and O–H groups in total. The van der Waals surface area contributed by atoms with Gasteiger partial charge in [-0.2, -0.15) is 5.10 Å². The smallest absolute Gasteiger partial charge is 0.160 e. The quantitative estimate of drug-likeness (QED) is 0.433. The maximum absolute atomic E-state index is 6.08. The Kier molecular flexibility index (Phi) is 6.40. The van der Waals surface area contributed by atoms with E-state index < -0.39 is 0 Å². The van der Waals surface area contributed by atoms with Crippen LogP contribution in [0.25, 0.3) is 22.4 Å². The molecule has 3 aromatic heterocycles. The number of ether oxygens (including phenoxy) is 2. The predicted octanol–water partition coefficient (Wildman–Crippen LogP) is 4.20. The van der Waals surface area contributed by atoms with Crippen molar-refractivity contribution in [3.05, 3.63) is 60.0 Å². The molecular formula is C26H30N6O2. The fraction of sp³-hybridized carbons (Fsp3) is 0.385. The Balaban J connectivity index is 1.68. The summed E-state index contributed by atoms with van der Waals surface area (Å²) in [5.74, 6) is 0.805. The summed E-state index contributed by atoms with van der Waals surface area (Å²) in [5, 5.41) is 4.29. The first-order valence-corrected chi connectivity index (χ1v) is 11.8. The molecule has 176 valence electrons. The van der Waals surface area contributed by atoms with Crippen molar-refractivity contribution in [1.29, 1.82) is 0 Å². The molecule has 0 radical (unpaired) electrons. The van der Waals surface area contributed by atoms with E-state index in [1.165, 1.54) is 12.0 Å². The van der Waals surface area contributed by atoms with Crippen molar-refractivity contribution in [2.75, 3.05) is 13.7 Å². The highest BCUT2D eigenvalue weighted by atomic mass is 16.5. The molecule has 0 spiro atoms. The standard InChI is InChI=1S/C26H30N6O2/c1-4-18-11-20(13-22(12-18)33-3)29-25-9-8-23-26(32(25)17-21-7-5-6-10-34-21)30-24(15-27-23)19-14-28-31(2)16-19/h8-9,11-16,21H,4-7,10,17H2,1-3H3/b29-25+. The van der Waals surface area contributed by atoms with E-state index in [1.54, 1.807) is 24.2 Å². The topological polar surface area (TPSA) is 79.4 Å². The first-order valence-electron chi connectivity index (χ1n) is 11.8. The Bertz CT molecular complexity index is 1350. The van der Waals surface area contributed by atoms with Crippen LogP contribution in [0, 0.1) is 0 Å². The van der Waals surface area contributed by atoms with Crippen molar-refractivity contribution in [2.24, 2.45) is 12.0 Å². The van der Waals surface area contributed by atoms with Crippen molar-refractivity contribution in [2.45, 2.75) is 45.3 Å². The van der Waals surface area contributed by atoms with Gasteiger partial charge in [-0.25, -0.2) is 9.98 Å². The summed E-state index contributed by atoms with van der Waals surface area (Å²) in [4.78, 5) is 14.7. The average molecular weight is 459 g/mol. The van der Waals surface area contributed by atoms with Gasteiger partial charge >= 0.3 is 0 Å². The Morgan fingerprint density at radius 3 is 2.82 bits per heavy atom. The fourth-order valence-electron chi connectivity index (χ4n) is 4.34. The maximum atomic E-state index is 6.08. The molecule has 1 fully saturated rings. The van der Waals surface area contributed by atoms with Gasteiger partial charge in [-0.3, -0.25) is 9.67 Å². The van der Waals surface area contributed by atoms with E-state index in [-0.39, 0.29) is 6.10 Å². The van der Waals surface area contributed by atoms with Crippen LogP contribution in [-0.2, 0) is 24.8 Å². The highest BCUT2D eigenvalue weighted by molar-refractivity contribution is 5.73. The second kappa shape index (κ2) is 9.77. The SMILES string of the molecule is CCc1cc(/N=c2\ccc3ncc(-c4cnn(C)c4)nc3n2CC2CCCCO2)cc(OC)c1. The number of nitrogens with zero attached hydrogens (tertiary/aromatic N) is 6. The molecule has 8 nitrogen and oxygen atoms in total. The molecular weight excluding hydrogens is 428 g/mol. The van der Waals surface area contributed by atoms with Crippen molar-refractivity contribution >= 4 is 16.9 Å². The van der Waals surface area contributed by atoms with Gasteiger partial charge in [0.1, 0.15) is 16.8 Å². The van der Waals surface area contributed by atoms with Gasteiger partial charge in [0.05, 0.1) is 43.5 Å². The zero-order valence-electron chi connectivity index (χ0n) is 19.9. The van der Waals surface area contributed by atoms with Gasteiger partial charge in [0.2, 0.25) is 0 Å². The third-order valence-corrected chi connectivity index (χ3v) is 6.20. The summed E-state index contributed by atoms with van der Waals surface area (Å²) < 4.78 is 15.5. The van der Waals surface area contributed by atoms with Crippen LogP contribution < -0.4 is 10.2 Å². The molecule has 8 heteroatoms. The molecule has 0 saturated carbocycles. The number of benzene rings is 1. The summed E-state index contributed by atoms with van der Waals surface area (Å²) in [6, 6.07) is 10.1. The molecule has 1 saturated heterocycles. The van der Waals surface area contributed by atoms with E-state index in [0.29, 0.717) is 6.54 Å². The lowest BCUT2D eigenvalue weighted by molar-refractivity contribution is 0.00596. The summed E-state index contributed by atoms with van der Waals surface area (Å²) >= 11 is 0. The number of methoxy groups -OCH3 is 1. The lowest BCUT2D eigenvalue weighted by atomic mass is 10.1. The fourth-order valence-corrected chi connectivity index (χ4v) is 4.34. The van der Waals surface area contributed by atoms with Crippen molar-refractivity contribution in [3.63, 3.8) is 0 Å². The summed E-state index contributed by atoms with van der Waals surface area (Å²) in [5.41, 5.74) is 6.17. The molecule has 1 aliphatic heterocycles. The highest BCUT2D eigenvalue weighted by Crippen LogP contribution is 2.24. The second-order valence-electron chi connectivity index (χ2n) is 8.66. The van der Waals surface area contributed by atoms with Crippen LogP contribution in [0.4, 0.5) is 5.69 Å². The zero-order chi connectivity index (χ0) is 23.5. The molecule has 1 aromatic carbocycles. The third kappa shape index (κ3) is 4.72. The van der Waals surface area contributed by atoms with Crippen molar-refractivity contribution < 1.29 is 9.47 Å². The predicted molar refractivity (Wildman–Crippen MR) is 131 cm³/mol. The first kappa shape index (κ1) is 22.3. The third-order valence-electron chi connectivity index (χ3n) is 6.20. The van der Waals surface area contributed by atoms with Gasteiger partial charge in [0.15, 0.2) is 5.65 Å². The van der Waals surface area contributed by atoms with Gasteiger partial charge in [0.25, 0.3) is 0 Å². The largest absolute Gasteiger partial charge is 0.497 e. The monoisotopic (exact) mass is 458 g/mol. The van der Waals surface area contributed by atoms with Crippen LogP contribution >= 0.6 is 0 Å². The first-order chi connectivity index (χ1) is 16.6. The van der Waals surface area contributed by atoms with Gasteiger partial charge in [-0.1, -0.05) is 6.92 Å². The molecule has 1 unspecified atom stereocenters. The Morgan fingerprint density at radius 1 is 1.18 bits per heavy atom. The van der Waals surface area contributed by atoms with E-state index in [4.69, 9.17) is 24.4 Å². The highest BCUT2D eigenvalue weighted by Gasteiger charge is 2.17. The van der Waals surface area contributed by atoms with E-state index in [0.717, 1.165) is 65.2 Å². The molecule has 4 aromatic rings. The molecule has 34 heavy (non-hydrogen) atoms. The van der Waals surface area contributed by atoms with Crippen molar-refractivity contribution in [1.82, 2.24) is 24.3 Å². The van der Waals surface area contributed by atoms with E-state index >= 15 is 0 Å². The van der Waals surface area contributed by atoms with E-state index in [9.17, 15) is 0 Å². The molecule has 0 aliphatic carbocycles. The number of hydrogen-bond acceptors (Lipinski definition) is 6. The van der Waals surface area contributed by atoms with Gasteiger partial charge < -0.3 is 14.0 Å². The van der Waals surface area contributed by atoms with E-state index in [1.807, 2.05) is 31.4 Å². The molecule has 0 bridgehead atoms. The molecule has 1 aliphatic rings. The minimum Gasteiger partial charge on any atom is -0.497 e. The number of fused-ring (bicyclic) bond motifs is 1. The lowest BCUT2D eigenvalue weighted by Crippen LogP contribution is -2.31. The van der Waals surface area contributed by atoms with Crippen LogP contribution in [0.5, 0.6) is 5.75 Å². The number of aryl methyl sites for hydroxylation is 2. The summed E-state index contributed by atoms with van der Waals surface area (Å²) in [6.45, 7) is 3.60. The average Bonchev–Trinajstić information content (AvgIpc) is 3.31. The minimum atomic E-state index is 0.124.